The maximum Gasteiger partial charge on any atom is 0.340 e. The molecule has 22 heteroatoms. The second-order valence-corrected chi connectivity index (χ2v) is 11.7. The minimum Gasteiger partial charge on any atom is -0.504 e. The van der Waals surface area contributed by atoms with Crippen LogP contribution in [0.1, 0.15) is 41.4 Å². The minimum absolute atomic E-state index is 0.555. The normalized spacial score (nSPS) is 19.1. The van der Waals surface area contributed by atoms with Crippen LogP contribution in [0.15, 0.2) is 48.5 Å². The Morgan fingerprint density at radius 1 is 0.446 bits per heavy atom. The van der Waals surface area contributed by atoms with Crippen LogP contribution in [0.25, 0.3) is 0 Å². The van der Waals surface area contributed by atoms with Gasteiger partial charge in [-0.3, -0.25) is 0 Å². The van der Waals surface area contributed by atoms with E-state index >= 15 is 0 Å². The van der Waals surface area contributed by atoms with E-state index in [4.69, 9.17) is 23.7 Å². The number of benzene rings is 4. The average Bonchev–Trinajstić information content (AvgIpc) is 3.14. The lowest BCUT2D eigenvalue weighted by molar-refractivity contribution is -0.283. The molecule has 13 N–H and O–H groups in total. The molecule has 0 aromatic heterocycles. The van der Waals surface area contributed by atoms with Crippen molar-refractivity contribution in [1.29, 1.82) is 0 Å². The van der Waals surface area contributed by atoms with Crippen LogP contribution in [0.4, 0.5) is 0 Å². The van der Waals surface area contributed by atoms with E-state index in [1.165, 1.54) is 0 Å². The quantitative estimate of drug-likeness (QED) is 0.0630. The molecule has 22 nitrogen and oxygen atoms in total. The fraction of sp³-hybridized carbons (Fsp3) is 0.176. The maximum absolute atomic E-state index is 13.4. The van der Waals surface area contributed by atoms with Gasteiger partial charge < -0.3 is 90.1 Å². The molecule has 1 fully saturated rings. The van der Waals surface area contributed by atoms with Gasteiger partial charge in [0.2, 0.25) is 12.4 Å². The number of aliphatic hydroxyl groups excluding tert-OH is 1. The molecule has 1 aliphatic heterocycles. The Kier molecular flexibility index (Phi) is 10.8. The predicted molar refractivity (Wildman–Crippen MR) is 175 cm³/mol. The SMILES string of the molecule is O=C(OC[C@@H]1O[C@H](OC(=O)c2cc(O)c(O)c(O)c2)[C@@H](OC(=O)c2cc(O)c(O)c(O)c2)[C@H](OC(=O)c2cc(O)c(O)c(O)c2)[C@@H]1O)c1cc(O)c(O)c(O)c1. The second kappa shape index (κ2) is 15.3. The summed E-state index contributed by atoms with van der Waals surface area (Å²) in [5.74, 6) is -18.1. The van der Waals surface area contributed by atoms with Crippen molar-refractivity contribution in [1.82, 2.24) is 0 Å². The van der Waals surface area contributed by atoms with Crippen molar-refractivity contribution in [2.45, 2.75) is 30.7 Å². The molecule has 5 rings (SSSR count). The first-order chi connectivity index (χ1) is 26.3. The molecular weight excluding hydrogens is 760 g/mol. The molecule has 56 heavy (non-hydrogen) atoms. The number of ether oxygens (including phenoxy) is 5. The number of aliphatic hydroxyl groups is 1. The summed E-state index contributed by atoms with van der Waals surface area (Å²) in [5.41, 5.74) is -2.65. The third-order valence-electron chi connectivity index (χ3n) is 7.93. The number of rotatable bonds is 9. The van der Waals surface area contributed by atoms with Crippen LogP contribution in [-0.2, 0) is 23.7 Å². The van der Waals surface area contributed by atoms with Gasteiger partial charge in [-0.1, -0.05) is 0 Å². The van der Waals surface area contributed by atoms with Gasteiger partial charge in [-0.25, -0.2) is 19.2 Å². The van der Waals surface area contributed by atoms with Gasteiger partial charge in [0.15, 0.2) is 75.1 Å². The average molecular weight is 789 g/mol. The smallest absolute Gasteiger partial charge is 0.340 e. The zero-order valence-corrected chi connectivity index (χ0v) is 27.7. The van der Waals surface area contributed by atoms with E-state index in [1.807, 2.05) is 0 Å². The predicted octanol–water partition coefficient (Wildman–Crippen LogP) is 0.705. The zero-order chi connectivity index (χ0) is 41.3. The van der Waals surface area contributed by atoms with E-state index < -0.39 is 152 Å². The Morgan fingerprint density at radius 2 is 0.732 bits per heavy atom. The highest BCUT2D eigenvalue weighted by atomic mass is 16.7. The molecule has 0 radical (unpaired) electrons. The van der Waals surface area contributed by atoms with Gasteiger partial charge in [-0.2, -0.15) is 0 Å². The van der Waals surface area contributed by atoms with Crippen molar-refractivity contribution >= 4 is 23.9 Å². The number of hydrogen-bond donors (Lipinski definition) is 13. The molecular formula is C34H28O22. The largest absolute Gasteiger partial charge is 0.504 e. The third kappa shape index (κ3) is 7.95. The van der Waals surface area contributed by atoms with Gasteiger partial charge in [0.1, 0.15) is 18.8 Å². The first-order valence-corrected chi connectivity index (χ1v) is 15.4. The summed E-state index contributed by atoms with van der Waals surface area (Å²) < 4.78 is 26.7. The van der Waals surface area contributed by atoms with E-state index in [-0.39, 0.29) is 0 Å². The van der Waals surface area contributed by atoms with Crippen LogP contribution in [0, 0.1) is 0 Å². The Morgan fingerprint density at radius 3 is 1.07 bits per heavy atom. The molecule has 0 bridgehead atoms. The van der Waals surface area contributed by atoms with Crippen molar-refractivity contribution in [3.05, 3.63) is 70.8 Å². The van der Waals surface area contributed by atoms with Gasteiger partial charge in [0.25, 0.3) is 0 Å². The summed E-state index contributed by atoms with van der Waals surface area (Å²) in [4.78, 5) is 52.9. The van der Waals surface area contributed by atoms with Crippen molar-refractivity contribution < 1.29 is 109 Å². The molecule has 1 saturated heterocycles. The monoisotopic (exact) mass is 788 g/mol. The molecule has 5 atom stereocenters. The van der Waals surface area contributed by atoms with E-state index in [0.717, 1.165) is 0 Å². The number of aromatic hydroxyl groups is 12. The number of phenolic OH excluding ortho intramolecular Hbond substituents is 12. The van der Waals surface area contributed by atoms with Crippen LogP contribution in [0.2, 0.25) is 0 Å². The summed E-state index contributed by atoms with van der Waals surface area (Å²) in [7, 11) is 0. The lowest BCUT2D eigenvalue weighted by atomic mass is 9.98. The number of hydrogen-bond acceptors (Lipinski definition) is 22. The first-order valence-electron chi connectivity index (χ1n) is 15.4. The molecule has 1 aliphatic rings. The highest BCUT2D eigenvalue weighted by Gasteiger charge is 2.52. The fourth-order valence-corrected chi connectivity index (χ4v) is 5.07. The third-order valence-corrected chi connectivity index (χ3v) is 7.93. The molecule has 0 amide bonds. The van der Waals surface area contributed by atoms with Crippen LogP contribution in [0.5, 0.6) is 69.0 Å². The molecule has 1 heterocycles. The lowest BCUT2D eigenvalue weighted by Gasteiger charge is -2.42. The molecule has 0 unspecified atom stereocenters. The Hall–Kier alpha value is -7.72. The van der Waals surface area contributed by atoms with Crippen LogP contribution < -0.4 is 0 Å². The zero-order valence-electron chi connectivity index (χ0n) is 27.7. The summed E-state index contributed by atoms with van der Waals surface area (Å²) >= 11 is 0. The number of carbonyl (C=O) groups excluding carboxylic acids is 4. The van der Waals surface area contributed by atoms with E-state index in [0.29, 0.717) is 48.5 Å². The van der Waals surface area contributed by atoms with Gasteiger partial charge >= 0.3 is 23.9 Å². The topological polar surface area (TPSA) is 377 Å². The Balaban J connectivity index is 1.55. The molecule has 296 valence electrons. The van der Waals surface area contributed by atoms with Gasteiger partial charge in [-0.15, -0.1) is 0 Å². The summed E-state index contributed by atoms with van der Waals surface area (Å²) in [6.07, 6.45) is -11.2. The van der Waals surface area contributed by atoms with E-state index in [9.17, 15) is 85.6 Å². The Labute approximate surface area is 310 Å². The molecule has 4 aromatic rings. The van der Waals surface area contributed by atoms with Crippen molar-refractivity contribution in [2.24, 2.45) is 0 Å². The highest BCUT2D eigenvalue weighted by Crippen LogP contribution is 2.40. The molecule has 4 aromatic carbocycles. The van der Waals surface area contributed by atoms with Crippen LogP contribution in [-0.4, -0.2) is 128 Å². The van der Waals surface area contributed by atoms with Crippen molar-refractivity contribution in [3.8, 4) is 69.0 Å². The number of carbonyl (C=O) groups is 4. The Bertz CT molecular complexity index is 2140. The van der Waals surface area contributed by atoms with Crippen LogP contribution in [0.3, 0.4) is 0 Å². The summed E-state index contributed by atoms with van der Waals surface area (Å²) in [5, 5.41) is 129. The van der Waals surface area contributed by atoms with Crippen LogP contribution >= 0.6 is 0 Å². The van der Waals surface area contributed by atoms with Gasteiger partial charge in [-0.05, 0) is 48.5 Å². The maximum atomic E-state index is 13.4. The van der Waals surface area contributed by atoms with Gasteiger partial charge in [0, 0.05) is 0 Å². The first kappa shape index (κ1) is 39.5. The van der Waals surface area contributed by atoms with Crippen molar-refractivity contribution in [3.63, 3.8) is 0 Å². The molecule has 0 saturated carbocycles. The lowest BCUT2D eigenvalue weighted by Crippen LogP contribution is -2.62. The second-order valence-electron chi connectivity index (χ2n) is 11.7. The highest BCUT2D eigenvalue weighted by molar-refractivity contribution is 5.93. The standard InChI is InChI=1S/C34H28O22/c35-14-1-10(2-15(36)23(14)43)30(48)52-9-22-27(47)28(54-31(49)11-3-16(37)24(44)17(38)4-11)29(55-32(50)12-5-18(39)25(45)19(40)6-12)34(53-22)56-33(51)13-7-20(41)26(46)21(42)8-13/h1-8,22,27-29,34-47H,9H2/t22-,27+,28+,29-,34+/m0/s1. The van der Waals surface area contributed by atoms with Crippen molar-refractivity contribution in [2.75, 3.05) is 6.61 Å². The molecule has 0 spiro atoms. The van der Waals surface area contributed by atoms with E-state index in [1.54, 1.807) is 0 Å². The minimum atomic E-state index is -2.36. The fourth-order valence-electron chi connectivity index (χ4n) is 5.07. The number of esters is 4. The van der Waals surface area contributed by atoms with E-state index in [2.05, 4.69) is 0 Å². The summed E-state index contributed by atoms with van der Waals surface area (Å²) in [6.45, 7) is -1.06. The number of phenols is 12. The molecule has 0 aliphatic carbocycles. The summed E-state index contributed by atoms with van der Waals surface area (Å²) in [6, 6.07) is 5.01. The van der Waals surface area contributed by atoms with Gasteiger partial charge in [0.05, 0.1) is 22.3 Å².